The Kier molecular flexibility index (Phi) is 8.90. The Labute approximate surface area is 112 Å². The van der Waals surface area contributed by atoms with E-state index < -0.39 is 0 Å². The molecular weight excluding hydrogens is 226 g/mol. The highest BCUT2D eigenvalue weighted by molar-refractivity contribution is 7.99. The molecule has 0 aromatic carbocycles. The molecule has 17 heavy (non-hydrogen) atoms. The summed E-state index contributed by atoms with van der Waals surface area (Å²) in [7, 11) is 0. The van der Waals surface area contributed by atoms with E-state index in [1.54, 1.807) is 0 Å². The Morgan fingerprint density at radius 2 is 2.12 bits per heavy atom. The Bertz CT molecular complexity index is 187. The Morgan fingerprint density at radius 1 is 1.35 bits per heavy atom. The second-order valence-electron chi connectivity index (χ2n) is 5.07. The summed E-state index contributed by atoms with van der Waals surface area (Å²) in [5, 5.41) is 4.57. The summed E-state index contributed by atoms with van der Waals surface area (Å²) < 4.78 is 0. The van der Waals surface area contributed by atoms with Crippen LogP contribution in [0.1, 0.15) is 58.3 Å². The van der Waals surface area contributed by atoms with Crippen LogP contribution >= 0.6 is 11.8 Å². The van der Waals surface area contributed by atoms with Crippen molar-refractivity contribution in [1.82, 2.24) is 5.32 Å². The summed E-state index contributed by atoms with van der Waals surface area (Å²) >= 11 is 2.22. The largest absolute Gasteiger partial charge is 0.313 e. The van der Waals surface area contributed by atoms with Gasteiger partial charge in [-0.25, -0.2) is 0 Å². The van der Waals surface area contributed by atoms with Gasteiger partial charge in [0.25, 0.3) is 0 Å². The number of allylic oxidation sites excluding steroid dienone is 1. The molecule has 0 heterocycles. The number of thioether (sulfide) groups is 1. The van der Waals surface area contributed by atoms with Crippen molar-refractivity contribution in [3.63, 3.8) is 0 Å². The number of hydrogen-bond acceptors (Lipinski definition) is 2. The molecule has 0 amide bonds. The fourth-order valence-corrected chi connectivity index (χ4v) is 3.98. The smallest absolute Gasteiger partial charge is 0.0158 e. The minimum absolute atomic E-state index is 0.715. The molecule has 0 spiro atoms. The van der Waals surface area contributed by atoms with Gasteiger partial charge in [-0.05, 0) is 38.6 Å². The fraction of sp³-hybridized carbons (Fsp3) is 0.867. The minimum Gasteiger partial charge on any atom is -0.313 e. The molecule has 1 unspecified atom stereocenters. The summed E-state index contributed by atoms with van der Waals surface area (Å²) in [5.41, 5.74) is 0. The van der Waals surface area contributed by atoms with E-state index >= 15 is 0 Å². The van der Waals surface area contributed by atoms with E-state index in [-0.39, 0.29) is 0 Å². The first-order valence-corrected chi connectivity index (χ1v) is 8.37. The monoisotopic (exact) mass is 255 g/mol. The molecule has 1 saturated carbocycles. The van der Waals surface area contributed by atoms with Gasteiger partial charge in [0.15, 0.2) is 0 Å². The van der Waals surface area contributed by atoms with Crippen molar-refractivity contribution in [2.45, 2.75) is 69.6 Å². The third-order valence-electron chi connectivity index (χ3n) is 3.54. The molecule has 1 rings (SSSR count). The van der Waals surface area contributed by atoms with E-state index in [0.29, 0.717) is 6.04 Å². The van der Waals surface area contributed by atoms with Crippen molar-refractivity contribution in [2.75, 3.05) is 12.3 Å². The lowest BCUT2D eigenvalue weighted by molar-refractivity contribution is 0.505. The number of rotatable bonds is 9. The molecule has 1 N–H and O–H groups in total. The molecule has 0 saturated heterocycles. The quantitative estimate of drug-likeness (QED) is 0.484. The van der Waals surface area contributed by atoms with Gasteiger partial charge in [-0.3, -0.25) is 0 Å². The summed E-state index contributed by atoms with van der Waals surface area (Å²) in [6.45, 7) is 7.11. The molecule has 0 aromatic heterocycles. The molecular formula is C15H29NS. The highest BCUT2D eigenvalue weighted by Gasteiger charge is 2.16. The van der Waals surface area contributed by atoms with Crippen LogP contribution in [-0.2, 0) is 0 Å². The van der Waals surface area contributed by atoms with Crippen LogP contribution in [0.15, 0.2) is 12.7 Å². The number of nitrogens with one attached hydrogen (secondary N) is 1. The average molecular weight is 255 g/mol. The normalized spacial score (nSPS) is 19.1. The third-order valence-corrected chi connectivity index (χ3v) is 5.08. The maximum atomic E-state index is 3.80. The van der Waals surface area contributed by atoms with Gasteiger partial charge >= 0.3 is 0 Å². The topological polar surface area (TPSA) is 12.0 Å². The van der Waals surface area contributed by atoms with Gasteiger partial charge in [0, 0.05) is 17.0 Å². The van der Waals surface area contributed by atoms with E-state index in [0.717, 1.165) is 18.2 Å². The first kappa shape index (κ1) is 15.1. The molecule has 0 aliphatic heterocycles. The zero-order valence-corrected chi connectivity index (χ0v) is 12.2. The molecule has 0 bridgehead atoms. The van der Waals surface area contributed by atoms with Gasteiger partial charge in [0.05, 0.1) is 0 Å². The third kappa shape index (κ3) is 7.15. The first-order chi connectivity index (χ1) is 8.36. The van der Waals surface area contributed by atoms with Crippen LogP contribution in [0.3, 0.4) is 0 Å². The molecule has 1 fully saturated rings. The average Bonchev–Trinajstić information content (AvgIpc) is 2.37. The SMILES string of the molecule is C=CCCCC(CSC1CCCCC1)NCC. The van der Waals surface area contributed by atoms with E-state index in [9.17, 15) is 0 Å². The Hall–Kier alpha value is 0.0500. The van der Waals surface area contributed by atoms with Crippen molar-refractivity contribution in [2.24, 2.45) is 0 Å². The van der Waals surface area contributed by atoms with Crippen LogP contribution in [0.25, 0.3) is 0 Å². The van der Waals surface area contributed by atoms with Gasteiger partial charge < -0.3 is 5.32 Å². The number of hydrogen-bond donors (Lipinski definition) is 1. The standard InChI is InChI=1S/C15H29NS/c1-3-5-7-10-14(16-4-2)13-17-15-11-8-6-9-12-15/h3,14-16H,1,4-13H2,2H3. The second kappa shape index (κ2) is 10.0. The summed E-state index contributed by atoms with van der Waals surface area (Å²) in [6.07, 6.45) is 13.1. The maximum absolute atomic E-state index is 3.80. The van der Waals surface area contributed by atoms with Gasteiger partial charge in [-0.1, -0.05) is 32.3 Å². The van der Waals surface area contributed by atoms with E-state index in [2.05, 4.69) is 30.6 Å². The second-order valence-corrected chi connectivity index (χ2v) is 6.40. The molecule has 0 radical (unpaired) electrons. The van der Waals surface area contributed by atoms with E-state index in [1.165, 1.54) is 50.7 Å². The highest BCUT2D eigenvalue weighted by Crippen LogP contribution is 2.28. The lowest BCUT2D eigenvalue weighted by atomic mass is 10.0. The molecule has 0 aromatic rings. The van der Waals surface area contributed by atoms with E-state index in [4.69, 9.17) is 0 Å². The van der Waals surface area contributed by atoms with Gasteiger partial charge in [0.2, 0.25) is 0 Å². The van der Waals surface area contributed by atoms with Crippen LogP contribution in [0.2, 0.25) is 0 Å². The number of unbranched alkanes of at least 4 members (excludes halogenated alkanes) is 1. The predicted molar refractivity (Wildman–Crippen MR) is 80.8 cm³/mol. The van der Waals surface area contributed by atoms with E-state index in [1.807, 2.05) is 6.08 Å². The zero-order valence-electron chi connectivity index (χ0n) is 11.4. The molecule has 100 valence electrons. The van der Waals surface area contributed by atoms with Gasteiger partial charge in [0.1, 0.15) is 0 Å². The van der Waals surface area contributed by atoms with Crippen LogP contribution in [0.4, 0.5) is 0 Å². The van der Waals surface area contributed by atoms with Crippen molar-refractivity contribution >= 4 is 11.8 Å². The Balaban J connectivity index is 2.15. The van der Waals surface area contributed by atoms with Crippen molar-refractivity contribution in [3.8, 4) is 0 Å². The summed E-state index contributed by atoms with van der Waals surface area (Å²) in [6, 6.07) is 0.715. The van der Waals surface area contributed by atoms with Crippen LogP contribution < -0.4 is 5.32 Å². The lowest BCUT2D eigenvalue weighted by Gasteiger charge is -2.24. The molecule has 1 atom stereocenters. The van der Waals surface area contributed by atoms with Crippen molar-refractivity contribution in [3.05, 3.63) is 12.7 Å². The van der Waals surface area contributed by atoms with Crippen LogP contribution in [0, 0.1) is 0 Å². The summed E-state index contributed by atoms with van der Waals surface area (Å²) in [5.74, 6) is 1.30. The van der Waals surface area contributed by atoms with Crippen molar-refractivity contribution in [1.29, 1.82) is 0 Å². The molecule has 1 aliphatic carbocycles. The first-order valence-electron chi connectivity index (χ1n) is 7.32. The van der Waals surface area contributed by atoms with Gasteiger partial charge in [-0.15, -0.1) is 6.58 Å². The maximum Gasteiger partial charge on any atom is 0.0158 e. The summed E-state index contributed by atoms with van der Waals surface area (Å²) in [4.78, 5) is 0. The molecule has 1 aliphatic rings. The van der Waals surface area contributed by atoms with Crippen LogP contribution in [-0.4, -0.2) is 23.6 Å². The van der Waals surface area contributed by atoms with Gasteiger partial charge in [-0.2, -0.15) is 11.8 Å². The molecule has 2 heteroatoms. The fourth-order valence-electron chi connectivity index (χ4n) is 2.53. The molecule has 1 nitrogen and oxygen atoms in total. The predicted octanol–water partition coefficient (Wildman–Crippen LogP) is 4.39. The highest BCUT2D eigenvalue weighted by atomic mass is 32.2. The van der Waals surface area contributed by atoms with Crippen molar-refractivity contribution < 1.29 is 0 Å². The zero-order chi connectivity index (χ0) is 12.3. The minimum atomic E-state index is 0.715. The lowest BCUT2D eigenvalue weighted by Crippen LogP contribution is -2.32. The Morgan fingerprint density at radius 3 is 2.76 bits per heavy atom. The van der Waals surface area contributed by atoms with Crippen LogP contribution in [0.5, 0.6) is 0 Å².